The summed E-state index contributed by atoms with van der Waals surface area (Å²) >= 11 is 1.99. The van der Waals surface area contributed by atoms with Crippen molar-refractivity contribution in [1.82, 2.24) is 5.32 Å². The molecule has 0 aromatic heterocycles. The van der Waals surface area contributed by atoms with Crippen molar-refractivity contribution in [2.24, 2.45) is 5.92 Å². The topological polar surface area (TPSA) is 12.0 Å². The van der Waals surface area contributed by atoms with Gasteiger partial charge in [0.05, 0.1) is 0 Å². The Kier molecular flexibility index (Phi) is 8.19. The lowest BCUT2D eigenvalue weighted by Crippen LogP contribution is -2.13. The molecule has 0 fully saturated rings. The fourth-order valence-corrected chi connectivity index (χ4v) is 3.02. The second kappa shape index (κ2) is 9.46. The van der Waals surface area contributed by atoms with Gasteiger partial charge in [-0.05, 0) is 36.6 Å². The summed E-state index contributed by atoms with van der Waals surface area (Å²) in [6.07, 6.45) is 3.83. The number of benzene rings is 1. The van der Waals surface area contributed by atoms with E-state index in [2.05, 4.69) is 50.4 Å². The van der Waals surface area contributed by atoms with E-state index in [1.807, 2.05) is 11.8 Å². The van der Waals surface area contributed by atoms with Crippen LogP contribution < -0.4 is 5.32 Å². The molecule has 0 heterocycles. The van der Waals surface area contributed by atoms with Crippen LogP contribution in [-0.4, -0.2) is 12.3 Å². The zero-order chi connectivity index (χ0) is 13.2. The Morgan fingerprint density at radius 2 is 2.06 bits per heavy atom. The molecule has 0 aliphatic carbocycles. The normalized spacial score (nSPS) is 12.6. The average molecular weight is 265 g/mol. The first kappa shape index (κ1) is 15.6. The van der Waals surface area contributed by atoms with Crippen LogP contribution in [0.25, 0.3) is 0 Å². The van der Waals surface area contributed by atoms with Crippen molar-refractivity contribution < 1.29 is 0 Å². The summed E-state index contributed by atoms with van der Waals surface area (Å²) in [6.45, 7) is 8.91. The van der Waals surface area contributed by atoms with Crippen molar-refractivity contribution in [3.05, 3.63) is 29.8 Å². The van der Waals surface area contributed by atoms with Crippen molar-refractivity contribution in [2.45, 2.75) is 51.5 Å². The number of rotatable bonds is 9. The summed E-state index contributed by atoms with van der Waals surface area (Å²) < 4.78 is 0. The van der Waals surface area contributed by atoms with E-state index in [-0.39, 0.29) is 0 Å². The Labute approximate surface area is 117 Å². The van der Waals surface area contributed by atoms with Crippen molar-refractivity contribution >= 4 is 11.8 Å². The average Bonchev–Trinajstić information content (AvgIpc) is 2.38. The van der Waals surface area contributed by atoms with E-state index in [4.69, 9.17) is 0 Å². The largest absolute Gasteiger partial charge is 0.313 e. The smallest absolute Gasteiger partial charge is 0.0205 e. The molecule has 1 nitrogen and oxygen atoms in total. The molecular weight excluding hydrogens is 238 g/mol. The third-order valence-electron chi connectivity index (χ3n) is 2.97. The van der Waals surface area contributed by atoms with Crippen molar-refractivity contribution in [1.29, 1.82) is 0 Å². The molecule has 102 valence electrons. The van der Waals surface area contributed by atoms with Crippen LogP contribution in [0, 0.1) is 5.92 Å². The van der Waals surface area contributed by atoms with Crippen LogP contribution >= 0.6 is 11.8 Å². The molecule has 1 aromatic carbocycles. The molecule has 1 rings (SSSR count). The highest BCUT2D eigenvalue weighted by Crippen LogP contribution is 2.23. The van der Waals surface area contributed by atoms with Crippen molar-refractivity contribution in [3.8, 4) is 0 Å². The van der Waals surface area contributed by atoms with Gasteiger partial charge in [0, 0.05) is 17.2 Å². The molecule has 1 aromatic rings. The molecule has 1 atom stereocenters. The molecule has 18 heavy (non-hydrogen) atoms. The Morgan fingerprint density at radius 1 is 1.22 bits per heavy atom. The molecule has 0 amide bonds. The SMILES string of the molecule is CCCNCc1cccc(SCC(C)CCC)c1. The van der Waals surface area contributed by atoms with Gasteiger partial charge in [0.1, 0.15) is 0 Å². The molecule has 0 saturated carbocycles. The van der Waals surface area contributed by atoms with Gasteiger partial charge in [0.15, 0.2) is 0 Å². The van der Waals surface area contributed by atoms with Gasteiger partial charge in [-0.3, -0.25) is 0 Å². The molecule has 0 saturated heterocycles. The molecule has 0 aliphatic heterocycles. The highest BCUT2D eigenvalue weighted by atomic mass is 32.2. The van der Waals surface area contributed by atoms with Crippen molar-refractivity contribution in [2.75, 3.05) is 12.3 Å². The second-order valence-electron chi connectivity index (χ2n) is 5.03. The zero-order valence-electron chi connectivity index (χ0n) is 12.0. The van der Waals surface area contributed by atoms with Crippen LogP contribution in [0.3, 0.4) is 0 Å². The van der Waals surface area contributed by atoms with Crippen LogP contribution in [0.1, 0.15) is 45.6 Å². The first-order chi connectivity index (χ1) is 8.76. The fraction of sp³-hybridized carbons (Fsp3) is 0.625. The maximum atomic E-state index is 3.45. The van der Waals surface area contributed by atoms with E-state index in [9.17, 15) is 0 Å². The molecule has 0 radical (unpaired) electrons. The number of nitrogens with one attached hydrogen (secondary N) is 1. The molecule has 1 N–H and O–H groups in total. The Hall–Kier alpha value is -0.470. The highest BCUT2D eigenvalue weighted by Gasteiger charge is 2.02. The van der Waals surface area contributed by atoms with Crippen molar-refractivity contribution in [3.63, 3.8) is 0 Å². The predicted molar refractivity (Wildman–Crippen MR) is 83.2 cm³/mol. The van der Waals surface area contributed by atoms with Gasteiger partial charge in [-0.25, -0.2) is 0 Å². The number of hydrogen-bond donors (Lipinski definition) is 1. The standard InChI is InChI=1S/C16H27NS/c1-4-7-14(3)13-18-16-9-6-8-15(11-16)12-17-10-5-2/h6,8-9,11,14,17H,4-5,7,10,12-13H2,1-3H3. The van der Waals surface area contributed by atoms with E-state index >= 15 is 0 Å². The predicted octanol–water partition coefficient (Wildman–Crippen LogP) is 4.71. The molecule has 2 heteroatoms. The summed E-state index contributed by atoms with van der Waals surface area (Å²) in [5.74, 6) is 2.06. The Morgan fingerprint density at radius 3 is 2.78 bits per heavy atom. The summed E-state index contributed by atoms with van der Waals surface area (Å²) in [4.78, 5) is 1.41. The monoisotopic (exact) mass is 265 g/mol. The lowest BCUT2D eigenvalue weighted by Gasteiger charge is -2.10. The van der Waals surface area contributed by atoms with Gasteiger partial charge < -0.3 is 5.32 Å². The number of hydrogen-bond acceptors (Lipinski definition) is 2. The van der Waals surface area contributed by atoms with Gasteiger partial charge >= 0.3 is 0 Å². The molecule has 0 spiro atoms. The lowest BCUT2D eigenvalue weighted by molar-refractivity contribution is 0.585. The summed E-state index contributed by atoms with van der Waals surface area (Å²) in [7, 11) is 0. The quantitative estimate of drug-likeness (QED) is 0.512. The Bertz CT molecular complexity index is 325. The minimum absolute atomic E-state index is 0.821. The first-order valence-corrected chi connectivity index (χ1v) is 8.17. The minimum atomic E-state index is 0.821. The van der Waals surface area contributed by atoms with E-state index in [1.54, 1.807) is 0 Å². The lowest BCUT2D eigenvalue weighted by atomic mass is 10.1. The van der Waals surface area contributed by atoms with Gasteiger partial charge in [0.2, 0.25) is 0 Å². The summed E-state index contributed by atoms with van der Waals surface area (Å²) in [5.41, 5.74) is 1.40. The van der Waals surface area contributed by atoms with E-state index in [1.165, 1.54) is 35.5 Å². The van der Waals surface area contributed by atoms with E-state index < -0.39 is 0 Å². The molecule has 1 unspecified atom stereocenters. The molecular formula is C16H27NS. The van der Waals surface area contributed by atoms with Gasteiger partial charge in [0.25, 0.3) is 0 Å². The zero-order valence-corrected chi connectivity index (χ0v) is 12.9. The van der Waals surface area contributed by atoms with Crippen LogP contribution in [-0.2, 0) is 6.54 Å². The maximum absolute atomic E-state index is 3.45. The summed E-state index contributed by atoms with van der Waals surface area (Å²) in [5, 5.41) is 3.45. The van der Waals surface area contributed by atoms with Crippen LogP contribution in [0.4, 0.5) is 0 Å². The first-order valence-electron chi connectivity index (χ1n) is 7.18. The maximum Gasteiger partial charge on any atom is 0.0205 e. The third kappa shape index (κ3) is 6.46. The van der Waals surface area contributed by atoms with Gasteiger partial charge in [-0.15, -0.1) is 11.8 Å². The van der Waals surface area contributed by atoms with E-state index in [0.29, 0.717) is 0 Å². The van der Waals surface area contributed by atoms with Crippen LogP contribution in [0.15, 0.2) is 29.2 Å². The molecule has 0 bridgehead atoms. The fourth-order valence-electron chi connectivity index (χ4n) is 1.97. The van der Waals surface area contributed by atoms with Gasteiger partial charge in [-0.2, -0.15) is 0 Å². The van der Waals surface area contributed by atoms with E-state index in [0.717, 1.165) is 19.0 Å². The highest BCUT2D eigenvalue weighted by molar-refractivity contribution is 7.99. The third-order valence-corrected chi connectivity index (χ3v) is 4.29. The summed E-state index contributed by atoms with van der Waals surface area (Å²) in [6, 6.07) is 8.94. The minimum Gasteiger partial charge on any atom is -0.313 e. The second-order valence-corrected chi connectivity index (χ2v) is 6.12. The van der Waals surface area contributed by atoms with Gasteiger partial charge in [-0.1, -0.05) is 45.7 Å². The Balaban J connectivity index is 2.39. The van der Waals surface area contributed by atoms with Crippen LogP contribution in [0.2, 0.25) is 0 Å². The molecule has 0 aliphatic rings. The van der Waals surface area contributed by atoms with Crippen LogP contribution in [0.5, 0.6) is 0 Å². The number of thioether (sulfide) groups is 1.